The predicted molar refractivity (Wildman–Crippen MR) is 108 cm³/mol. The van der Waals surface area contributed by atoms with E-state index in [-0.39, 0.29) is 18.0 Å². The molecule has 0 aliphatic heterocycles. The van der Waals surface area contributed by atoms with Gasteiger partial charge in [-0.3, -0.25) is 9.69 Å². The third kappa shape index (κ3) is 4.30. The van der Waals surface area contributed by atoms with Crippen molar-refractivity contribution in [1.29, 1.82) is 0 Å². The number of likely N-dealkylation sites (N-methyl/N-ethyl adjacent to an activating group) is 1. The average molecular weight is 346 g/mol. The zero-order chi connectivity index (χ0) is 18.5. The van der Waals surface area contributed by atoms with Gasteiger partial charge < -0.3 is 5.32 Å². The molecule has 0 heterocycles. The molecule has 0 fully saturated rings. The van der Waals surface area contributed by atoms with Crippen LogP contribution in [0.5, 0.6) is 0 Å². The Morgan fingerprint density at radius 2 is 1.58 bits per heavy atom. The van der Waals surface area contributed by atoms with E-state index in [0.29, 0.717) is 0 Å². The van der Waals surface area contributed by atoms with Crippen molar-refractivity contribution in [2.45, 2.75) is 32.5 Å². The molecule has 0 saturated carbocycles. The zero-order valence-electron chi connectivity index (χ0n) is 15.6. The molecule has 0 aliphatic carbocycles. The number of fused-ring (bicyclic) bond motifs is 1. The lowest BCUT2D eigenvalue weighted by Crippen LogP contribution is -2.43. The summed E-state index contributed by atoms with van der Waals surface area (Å²) in [7, 11) is 1.99. The second-order valence-corrected chi connectivity index (χ2v) is 6.91. The van der Waals surface area contributed by atoms with Crippen molar-refractivity contribution in [3.63, 3.8) is 0 Å². The molecule has 0 spiro atoms. The highest BCUT2D eigenvalue weighted by Gasteiger charge is 2.20. The van der Waals surface area contributed by atoms with Crippen LogP contribution in [0.1, 0.15) is 31.0 Å². The van der Waals surface area contributed by atoms with Crippen molar-refractivity contribution in [2.75, 3.05) is 7.05 Å². The van der Waals surface area contributed by atoms with Crippen LogP contribution in [-0.4, -0.2) is 23.9 Å². The Bertz CT molecular complexity index is 876. The van der Waals surface area contributed by atoms with Crippen LogP contribution in [0.2, 0.25) is 0 Å². The Morgan fingerprint density at radius 1 is 0.923 bits per heavy atom. The molecule has 134 valence electrons. The lowest BCUT2D eigenvalue weighted by molar-refractivity contribution is -0.126. The first-order valence-corrected chi connectivity index (χ1v) is 9.08. The van der Waals surface area contributed by atoms with Crippen LogP contribution >= 0.6 is 0 Å². The van der Waals surface area contributed by atoms with E-state index in [9.17, 15) is 4.79 Å². The van der Waals surface area contributed by atoms with Gasteiger partial charge in [0.25, 0.3) is 0 Å². The molecule has 3 rings (SSSR count). The van der Waals surface area contributed by atoms with Crippen molar-refractivity contribution >= 4 is 16.7 Å². The van der Waals surface area contributed by atoms with Crippen LogP contribution in [0.3, 0.4) is 0 Å². The summed E-state index contributed by atoms with van der Waals surface area (Å²) in [6, 6.07) is 24.7. The number of nitrogens with zero attached hydrogens (tertiary/aromatic N) is 1. The maximum atomic E-state index is 12.6. The number of hydrogen-bond acceptors (Lipinski definition) is 2. The van der Waals surface area contributed by atoms with Crippen LogP contribution in [0.25, 0.3) is 10.8 Å². The van der Waals surface area contributed by atoms with Crippen LogP contribution in [0.4, 0.5) is 0 Å². The summed E-state index contributed by atoms with van der Waals surface area (Å²) in [6.45, 7) is 4.70. The van der Waals surface area contributed by atoms with Gasteiger partial charge in [-0.1, -0.05) is 66.7 Å². The van der Waals surface area contributed by atoms with E-state index in [1.165, 1.54) is 16.3 Å². The summed E-state index contributed by atoms with van der Waals surface area (Å²) in [5, 5.41) is 5.58. The molecule has 0 saturated heterocycles. The molecular formula is C23H26N2O. The minimum absolute atomic E-state index is 0.000203. The molecule has 2 atom stereocenters. The van der Waals surface area contributed by atoms with E-state index in [1.54, 1.807) is 0 Å². The predicted octanol–water partition coefficient (Wildman–Crippen LogP) is 4.54. The van der Waals surface area contributed by atoms with Crippen molar-refractivity contribution < 1.29 is 4.79 Å². The molecule has 26 heavy (non-hydrogen) atoms. The molecule has 2 unspecified atom stereocenters. The molecule has 3 nitrogen and oxygen atoms in total. The van der Waals surface area contributed by atoms with Crippen LogP contribution in [0, 0.1) is 0 Å². The minimum atomic E-state index is -0.201. The normalized spacial score (nSPS) is 13.5. The Morgan fingerprint density at radius 3 is 2.31 bits per heavy atom. The largest absolute Gasteiger partial charge is 0.348 e. The van der Waals surface area contributed by atoms with Gasteiger partial charge >= 0.3 is 0 Å². The molecule has 3 aromatic rings. The third-order valence-electron chi connectivity index (χ3n) is 4.94. The number of nitrogens with one attached hydrogen (secondary N) is 1. The van der Waals surface area contributed by atoms with Gasteiger partial charge in [-0.2, -0.15) is 0 Å². The second-order valence-electron chi connectivity index (χ2n) is 6.91. The van der Waals surface area contributed by atoms with Gasteiger partial charge in [0.15, 0.2) is 0 Å². The number of carbonyl (C=O) groups is 1. The summed E-state index contributed by atoms with van der Waals surface area (Å²) < 4.78 is 0. The fourth-order valence-corrected chi connectivity index (χ4v) is 3.12. The minimum Gasteiger partial charge on any atom is -0.348 e. The number of carbonyl (C=O) groups excluding carboxylic acids is 1. The molecule has 0 aromatic heterocycles. The van der Waals surface area contributed by atoms with Crippen molar-refractivity contribution in [1.82, 2.24) is 10.2 Å². The van der Waals surface area contributed by atoms with Gasteiger partial charge in [0, 0.05) is 6.54 Å². The van der Waals surface area contributed by atoms with E-state index in [2.05, 4.69) is 52.7 Å². The van der Waals surface area contributed by atoms with Crippen LogP contribution in [0.15, 0.2) is 72.8 Å². The van der Waals surface area contributed by atoms with Crippen molar-refractivity contribution in [3.05, 3.63) is 83.9 Å². The van der Waals surface area contributed by atoms with E-state index < -0.39 is 0 Å². The lowest BCUT2D eigenvalue weighted by atomic mass is 10.1. The van der Waals surface area contributed by atoms with Crippen molar-refractivity contribution in [3.8, 4) is 0 Å². The van der Waals surface area contributed by atoms with Crippen LogP contribution in [-0.2, 0) is 11.3 Å². The third-order valence-corrected chi connectivity index (χ3v) is 4.94. The fraction of sp³-hybridized carbons (Fsp3) is 0.261. The van der Waals surface area contributed by atoms with Gasteiger partial charge in [-0.05, 0) is 48.9 Å². The van der Waals surface area contributed by atoms with E-state index >= 15 is 0 Å². The molecular weight excluding hydrogens is 320 g/mol. The first-order valence-electron chi connectivity index (χ1n) is 9.08. The first kappa shape index (κ1) is 18.2. The summed E-state index contributed by atoms with van der Waals surface area (Å²) in [6.07, 6.45) is 0. The average Bonchev–Trinajstić information content (AvgIpc) is 2.67. The maximum Gasteiger partial charge on any atom is 0.237 e. The summed E-state index contributed by atoms with van der Waals surface area (Å²) in [5.74, 6) is 0.0460. The zero-order valence-corrected chi connectivity index (χ0v) is 15.6. The molecule has 0 aliphatic rings. The Kier molecular flexibility index (Phi) is 5.69. The summed E-state index contributed by atoms with van der Waals surface area (Å²) >= 11 is 0. The van der Waals surface area contributed by atoms with Gasteiger partial charge in [0.2, 0.25) is 5.91 Å². The van der Waals surface area contributed by atoms with Gasteiger partial charge in [-0.15, -0.1) is 0 Å². The highest BCUT2D eigenvalue weighted by Crippen LogP contribution is 2.17. The Balaban J connectivity index is 1.62. The maximum absolute atomic E-state index is 12.6. The molecule has 0 radical (unpaired) electrons. The van der Waals surface area contributed by atoms with Crippen LogP contribution < -0.4 is 5.32 Å². The molecule has 1 amide bonds. The lowest BCUT2D eigenvalue weighted by Gasteiger charge is -2.26. The SMILES string of the molecule is CC(NC(=O)C(C)N(C)Cc1ccc2ccccc2c1)c1ccccc1. The van der Waals surface area contributed by atoms with E-state index in [1.807, 2.05) is 51.2 Å². The van der Waals surface area contributed by atoms with Gasteiger partial charge in [0.1, 0.15) is 0 Å². The standard InChI is InChI=1S/C23H26N2O/c1-17(20-9-5-4-6-10-20)24-23(26)18(2)25(3)16-19-13-14-21-11-7-8-12-22(21)15-19/h4-15,17-18H,16H2,1-3H3,(H,24,26). The van der Waals surface area contributed by atoms with Crippen molar-refractivity contribution in [2.24, 2.45) is 0 Å². The summed E-state index contributed by atoms with van der Waals surface area (Å²) in [4.78, 5) is 14.7. The molecule has 3 heteroatoms. The summed E-state index contributed by atoms with van der Waals surface area (Å²) in [5.41, 5.74) is 2.33. The number of benzene rings is 3. The Hall–Kier alpha value is -2.65. The topological polar surface area (TPSA) is 32.3 Å². The Labute approximate surface area is 155 Å². The van der Waals surface area contributed by atoms with Gasteiger partial charge in [-0.25, -0.2) is 0 Å². The highest BCUT2D eigenvalue weighted by atomic mass is 16.2. The molecule has 3 aromatic carbocycles. The monoisotopic (exact) mass is 346 g/mol. The number of rotatable bonds is 6. The number of hydrogen-bond donors (Lipinski definition) is 1. The molecule has 0 bridgehead atoms. The molecule has 1 N–H and O–H groups in total. The second kappa shape index (κ2) is 8.15. The van der Waals surface area contributed by atoms with Gasteiger partial charge in [0.05, 0.1) is 12.1 Å². The van der Waals surface area contributed by atoms with E-state index in [4.69, 9.17) is 0 Å². The fourth-order valence-electron chi connectivity index (χ4n) is 3.12. The quantitative estimate of drug-likeness (QED) is 0.711. The first-order chi connectivity index (χ1) is 12.5. The van der Waals surface area contributed by atoms with E-state index in [0.717, 1.165) is 12.1 Å². The number of amides is 1. The smallest absolute Gasteiger partial charge is 0.237 e. The highest BCUT2D eigenvalue weighted by molar-refractivity contribution is 5.83.